The van der Waals surface area contributed by atoms with Crippen molar-refractivity contribution in [2.24, 2.45) is 10.9 Å². The topological polar surface area (TPSA) is 36.4 Å². The van der Waals surface area contributed by atoms with E-state index in [4.69, 9.17) is 0 Å². The van der Waals surface area contributed by atoms with Gasteiger partial charge in [0.15, 0.2) is 5.96 Å². The minimum Gasteiger partial charge on any atom is -0.356 e. The molecule has 0 saturated carbocycles. The molecule has 1 aliphatic carbocycles. The average molecular weight is 357 g/mol. The summed E-state index contributed by atoms with van der Waals surface area (Å²) in [5, 5.41) is 6.74. The van der Waals surface area contributed by atoms with Crippen molar-refractivity contribution in [1.82, 2.24) is 10.6 Å². The summed E-state index contributed by atoms with van der Waals surface area (Å²) in [7, 11) is 0. The molecule has 1 aromatic carbocycles. The highest BCUT2D eigenvalue weighted by molar-refractivity contribution is 14.0. The van der Waals surface area contributed by atoms with Gasteiger partial charge in [-0.25, -0.2) is 0 Å². The molecule has 0 bridgehead atoms. The smallest absolute Gasteiger partial charge is 0.191 e. The van der Waals surface area contributed by atoms with E-state index in [0.29, 0.717) is 0 Å². The van der Waals surface area contributed by atoms with Crippen LogP contribution >= 0.6 is 24.0 Å². The zero-order valence-corrected chi connectivity index (χ0v) is 12.8. The molecule has 0 spiro atoms. The second-order valence-electron chi connectivity index (χ2n) is 4.93. The van der Waals surface area contributed by atoms with E-state index in [9.17, 15) is 0 Å². The molecule has 0 unspecified atom stereocenters. The fourth-order valence-electron chi connectivity index (χ4n) is 2.69. The summed E-state index contributed by atoms with van der Waals surface area (Å²) < 4.78 is 0. The number of halogens is 1. The average Bonchev–Trinajstić information content (AvgIpc) is 2.80. The predicted molar refractivity (Wildman–Crippen MR) is 85.7 cm³/mol. The lowest BCUT2D eigenvalue weighted by Gasteiger charge is -2.18. The predicted octanol–water partition coefficient (Wildman–Crippen LogP) is 1.96. The Morgan fingerprint density at radius 1 is 1.22 bits per heavy atom. The van der Waals surface area contributed by atoms with Crippen LogP contribution in [-0.4, -0.2) is 25.6 Å². The zero-order chi connectivity index (χ0) is 11.5. The van der Waals surface area contributed by atoms with Crippen LogP contribution in [0.3, 0.4) is 0 Å². The van der Waals surface area contributed by atoms with E-state index in [2.05, 4.69) is 39.9 Å². The highest BCUT2D eigenvalue weighted by atomic mass is 127. The Hall–Kier alpha value is -0.780. The fraction of sp³-hybridized carbons (Fsp3) is 0.500. The number of guanidine groups is 1. The summed E-state index contributed by atoms with van der Waals surface area (Å²) in [5.74, 6) is 1.71. The third-order valence-corrected chi connectivity index (χ3v) is 3.59. The van der Waals surface area contributed by atoms with Crippen LogP contribution in [0.15, 0.2) is 29.3 Å². The van der Waals surface area contributed by atoms with E-state index in [1.54, 1.807) is 0 Å². The Labute approximate surface area is 125 Å². The molecular weight excluding hydrogens is 337 g/mol. The van der Waals surface area contributed by atoms with Crippen molar-refractivity contribution in [1.29, 1.82) is 0 Å². The molecule has 0 atom stereocenters. The van der Waals surface area contributed by atoms with Gasteiger partial charge in [-0.2, -0.15) is 0 Å². The molecule has 0 amide bonds. The summed E-state index contributed by atoms with van der Waals surface area (Å²) >= 11 is 0. The summed E-state index contributed by atoms with van der Waals surface area (Å²) in [6.45, 7) is 3.04. The first-order valence-electron chi connectivity index (χ1n) is 6.51. The lowest BCUT2D eigenvalue weighted by atomic mass is 10.1. The molecule has 0 fully saturated rings. The van der Waals surface area contributed by atoms with Gasteiger partial charge in [-0.05, 0) is 36.3 Å². The van der Waals surface area contributed by atoms with Gasteiger partial charge in [0.05, 0.1) is 0 Å². The number of rotatable bonds is 2. The SMILES string of the molecule is I.c1ccc2c(c1)CC(CNC1=NCCCN1)C2. The largest absolute Gasteiger partial charge is 0.356 e. The minimum atomic E-state index is 0. The lowest BCUT2D eigenvalue weighted by molar-refractivity contribution is 0.538. The third kappa shape index (κ3) is 3.16. The van der Waals surface area contributed by atoms with Crippen molar-refractivity contribution in [3.05, 3.63) is 35.4 Å². The number of hydrogen-bond donors (Lipinski definition) is 2. The van der Waals surface area contributed by atoms with E-state index in [1.807, 2.05) is 0 Å². The van der Waals surface area contributed by atoms with E-state index in [0.717, 1.165) is 37.9 Å². The molecule has 0 aromatic heterocycles. The molecule has 0 saturated heterocycles. The standard InChI is InChI=1S/C14H19N3.HI/c1-2-5-13-9-11(8-12(13)4-1)10-17-14-15-6-3-7-16-14;/h1-2,4-5,11H,3,6-10H2,(H2,15,16,17);1H. The van der Waals surface area contributed by atoms with Crippen LogP contribution in [0, 0.1) is 5.92 Å². The van der Waals surface area contributed by atoms with Gasteiger partial charge < -0.3 is 10.6 Å². The Kier molecular flexibility index (Phi) is 4.86. The van der Waals surface area contributed by atoms with Crippen LogP contribution in [0.4, 0.5) is 0 Å². The zero-order valence-electron chi connectivity index (χ0n) is 10.5. The van der Waals surface area contributed by atoms with Crippen molar-refractivity contribution in [2.45, 2.75) is 19.3 Å². The van der Waals surface area contributed by atoms with Gasteiger partial charge in [-0.3, -0.25) is 4.99 Å². The highest BCUT2D eigenvalue weighted by Crippen LogP contribution is 2.25. The number of fused-ring (bicyclic) bond motifs is 1. The molecule has 18 heavy (non-hydrogen) atoms. The summed E-state index contributed by atoms with van der Waals surface area (Å²) in [5.41, 5.74) is 3.05. The second-order valence-corrected chi connectivity index (χ2v) is 4.93. The Morgan fingerprint density at radius 2 is 1.94 bits per heavy atom. The van der Waals surface area contributed by atoms with Crippen LogP contribution in [0.5, 0.6) is 0 Å². The molecule has 3 nitrogen and oxygen atoms in total. The molecule has 1 heterocycles. The summed E-state index contributed by atoms with van der Waals surface area (Å²) in [6.07, 6.45) is 3.56. The van der Waals surface area contributed by atoms with Gasteiger partial charge in [0.1, 0.15) is 0 Å². The summed E-state index contributed by atoms with van der Waals surface area (Å²) in [6, 6.07) is 8.79. The van der Waals surface area contributed by atoms with Crippen molar-refractivity contribution < 1.29 is 0 Å². The van der Waals surface area contributed by atoms with Crippen LogP contribution < -0.4 is 10.6 Å². The molecule has 98 valence electrons. The maximum Gasteiger partial charge on any atom is 0.191 e. The van der Waals surface area contributed by atoms with Crippen LogP contribution in [0.25, 0.3) is 0 Å². The molecule has 2 N–H and O–H groups in total. The second kappa shape index (κ2) is 6.41. The number of aliphatic imine (C=N–C) groups is 1. The lowest BCUT2D eigenvalue weighted by Crippen LogP contribution is -2.42. The maximum absolute atomic E-state index is 4.43. The van der Waals surface area contributed by atoms with Crippen LogP contribution in [0.1, 0.15) is 17.5 Å². The van der Waals surface area contributed by atoms with Crippen molar-refractivity contribution in [2.75, 3.05) is 19.6 Å². The summed E-state index contributed by atoms with van der Waals surface area (Å²) in [4.78, 5) is 4.43. The molecule has 1 aliphatic heterocycles. The van der Waals surface area contributed by atoms with E-state index in [1.165, 1.54) is 24.0 Å². The van der Waals surface area contributed by atoms with Gasteiger partial charge in [0.2, 0.25) is 0 Å². The first-order chi connectivity index (χ1) is 8.42. The van der Waals surface area contributed by atoms with Crippen molar-refractivity contribution in [3.8, 4) is 0 Å². The first kappa shape index (κ1) is 13.6. The van der Waals surface area contributed by atoms with Gasteiger partial charge in [0, 0.05) is 19.6 Å². The number of nitrogens with zero attached hydrogens (tertiary/aromatic N) is 1. The van der Waals surface area contributed by atoms with Gasteiger partial charge in [-0.15, -0.1) is 24.0 Å². The quantitative estimate of drug-likeness (QED) is 0.794. The van der Waals surface area contributed by atoms with Crippen molar-refractivity contribution in [3.63, 3.8) is 0 Å². The number of benzene rings is 1. The van der Waals surface area contributed by atoms with E-state index in [-0.39, 0.29) is 24.0 Å². The fourth-order valence-corrected chi connectivity index (χ4v) is 2.69. The minimum absolute atomic E-state index is 0. The van der Waals surface area contributed by atoms with Gasteiger partial charge >= 0.3 is 0 Å². The van der Waals surface area contributed by atoms with E-state index >= 15 is 0 Å². The molecule has 3 rings (SSSR count). The first-order valence-corrected chi connectivity index (χ1v) is 6.51. The maximum atomic E-state index is 4.43. The van der Waals surface area contributed by atoms with Gasteiger partial charge in [-0.1, -0.05) is 24.3 Å². The molecular formula is C14H20IN3. The number of hydrogen-bond acceptors (Lipinski definition) is 3. The van der Waals surface area contributed by atoms with Gasteiger partial charge in [0.25, 0.3) is 0 Å². The Balaban J connectivity index is 0.00000120. The van der Waals surface area contributed by atoms with Crippen LogP contribution in [0.2, 0.25) is 0 Å². The van der Waals surface area contributed by atoms with Crippen molar-refractivity contribution >= 4 is 29.9 Å². The molecule has 0 radical (unpaired) electrons. The Morgan fingerprint density at radius 3 is 2.56 bits per heavy atom. The number of nitrogens with one attached hydrogen (secondary N) is 2. The molecule has 1 aromatic rings. The van der Waals surface area contributed by atoms with Crippen LogP contribution in [-0.2, 0) is 12.8 Å². The van der Waals surface area contributed by atoms with E-state index < -0.39 is 0 Å². The molecule has 2 aliphatic rings. The normalized spacial score (nSPS) is 18.3. The monoisotopic (exact) mass is 357 g/mol. The highest BCUT2D eigenvalue weighted by Gasteiger charge is 2.20. The molecule has 4 heteroatoms. The Bertz CT molecular complexity index is 406. The third-order valence-electron chi connectivity index (χ3n) is 3.59.